The second-order valence-corrected chi connectivity index (χ2v) is 8.92. The van der Waals surface area contributed by atoms with Crippen LogP contribution in [0.15, 0.2) is 67.0 Å². The Balaban J connectivity index is 1.31. The smallest absolute Gasteiger partial charge is 0.251 e. The maximum Gasteiger partial charge on any atom is 0.251 e. The maximum atomic E-state index is 12.4. The van der Waals surface area contributed by atoms with Gasteiger partial charge >= 0.3 is 0 Å². The predicted molar refractivity (Wildman–Crippen MR) is 137 cm³/mol. The number of benzene rings is 2. The van der Waals surface area contributed by atoms with Crippen molar-refractivity contribution in [2.24, 2.45) is 0 Å². The molecule has 1 aliphatic rings. The highest BCUT2D eigenvalue weighted by Crippen LogP contribution is 2.29. The quantitative estimate of drug-likeness (QED) is 0.343. The average molecular weight is 469 g/mol. The van der Waals surface area contributed by atoms with Gasteiger partial charge in [-0.25, -0.2) is 4.98 Å². The number of rotatable bonds is 8. The van der Waals surface area contributed by atoms with E-state index in [4.69, 9.17) is 0 Å². The summed E-state index contributed by atoms with van der Waals surface area (Å²) in [5, 5.41) is 9.24. The second kappa shape index (κ2) is 9.60. The molecule has 2 aromatic carbocycles. The van der Waals surface area contributed by atoms with Crippen LogP contribution >= 0.6 is 0 Å². The number of fused-ring (bicyclic) bond motifs is 2. The van der Waals surface area contributed by atoms with Crippen LogP contribution in [0, 0.1) is 0 Å². The van der Waals surface area contributed by atoms with Crippen molar-refractivity contribution in [3.05, 3.63) is 83.7 Å². The van der Waals surface area contributed by atoms with Crippen LogP contribution in [0.5, 0.6) is 0 Å². The molecule has 0 bridgehead atoms. The molecule has 2 amide bonds. The summed E-state index contributed by atoms with van der Waals surface area (Å²) in [6.07, 6.45) is 4.61. The van der Waals surface area contributed by atoms with Gasteiger partial charge in [-0.15, -0.1) is 0 Å². The predicted octanol–water partition coefficient (Wildman–Crippen LogP) is 3.67. The van der Waals surface area contributed by atoms with Crippen LogP contribution in [-0.4, -0.2) is 53.3 Å². The molecule has 35 heavy (non-hydrogen) atoms. The molecular weight excluding hydrogens is 440 g/mol. The van der Waals surface area contributed by atoms with E-state index in [-0.39, 0.29) is 11.8 Å². The summed E-state index contributed by atoms with van der Waals surface area (Å²) in [6, 6.07) is 17.4. The van der Waals surface area contributed by atoms with E-state index in [0.717, 1.165) is 52.4 Å². The number of hydrogen-bond acceptors (Lipinski definition) is 5. The van der Waals surface area contributed by atoms with E-state index >= 15 is 0 Å². The third-order valence-electron chi connectivity index (χ3n) is 6.13. The van der Waals surface area contributed by atoms with Gasteiger partial charge in [-0.2, -0.15) is 0 Å². The fourth-order valence-corrected chi connectivity index (χ4v) is 4.30. The number of carbonyl (C=O) groups excluding carboxylic acids is 2. The third kappa shape index (κ3) is 4.74. The van der Waals surface area contributed by atoms with E-state index in [1.165, 1.54) is 0 Å². The van der Waals surface area contributed by atoms with Gasteiger partial charge in [0.1, 0.15) is 0 Å². The number of pyridine rings is 1. The molecule has 2 aromatic heterocycles. The number of carbonyl (C=O) groups is 2. The number of nitrogens with one attached hydrogen (secondary N) is 3. The summed E-state index contributed by atoms with van der Waals surface area (Å²) in [5.74, 6) is -0.0896. The van der Waals surface area contributed by atoms with Gasteiger partial charge in [-0.3, -0.25) is 14.0 Å². The summed E-state index contributed by atoms with van der Waals surface area (Å²) in [6.45, 7) is 2.14. The molecular formula is C27H28N6O2. The molecule has 3 N–H and O–H groups in total. The van der Waals surface area contributed by atoms with Gasteiger partial charge in [0.15, 0.2) is 5.65 Å². The minimum Gasteiger partial charge on any atom is -0.352 e. The van der Waals surface area contributed by atoms with Gasteiger partial charge in [-0.05, 0) is 86.7 Å². The number of imidazole rings is 1. The van der Waals surface area contributed by atoms with Crippen molar-refractivity contribution in [3.63, 3.8) is 0 Å². The van der Waals surface area contributed by atoms with E-state index < -0.39 is 0 Å². The van der Waals surface area contributed by atoms with Gasteiger partial charge in [-0.1, -0.05) is 6.07 Å². The Morgan fingerprint density at radius 3 is 2.74 bits per heavy atom. The lowest BCUT2D eigenvalue weighted by Gasteiger charge is -2.13. The third-order valence-corrected chi connectivity index (χ3v) is 6.13. The molecule has 3 heterocycles. The minimum atomic E-state index is -0.0680. The Hall–Kier alpha value is -4.17. The van der Waals surface area contributed by atoms with Crippen LogP contribution in [0.4, 0.5) is 11.4 Å². The van der Waals surface area contributed by atoms with Crippen molar-refractivity contribution < 1.29 is 9.59 Å². The summed E-state index contributed by atoms with van der Waals surface area (Å²) < 4.78 is 2.03. The fourth-order valence-electron chi connectivity index (χ4n) is 4.30. The molecule has 0 spiro atoms. The Bertz CT molecular complexity index is 1390. The topological polar surface area (TPSA) is 90.8 Å². The Morgan fingerprint density at radius 2 is 1.94 bits per heavy atom. The van der Waals surface area contributed by atoms with Gasteiger partial charge in [0.05, 0.1) is 11.4 Å². The molecule has 0 atom stereocenters. The number of amides is 2. The zero-order chi connectivity index (χ0) is 24.4. The summed E-state index contributed by atoms with van der Waals surface area (Å²) >= 11 is 0. The first kappa shape index (κ1) is 22.6. The monoisotopic (exact) mass is 468 g/mol. The zero-order valence-corrected chi connectivity index (χ0v) is 19.8. The van der Waals surface area contributed by atoms with Crippen molar-refractivity contribution in [1.82, 2.24) is 24.9 Å². The normalized spacial score (nSPS) is 12.6. The van der Waals surface area contributed by atoms with E-state index in [0.29, 0.717) is 18.7 Å². The van der Waals surface area contributed by atoms with Crippen LogP contribution in [-0.2, 0) is 6.54 Å². The van der Waals surface area contributed by atoms with Crippen LogP contribution in [0.1, 0.15) is 32.7 Å². The summed E-state index contributed by atoms with van der Waals surface area (Å²) in [5.41, 5.74) is 6.91. The molecule has 8 nitrogen and oxygen atoms in total. The molecule has 5 rings (SSSR count). The molecule has 8 heteroatoms. The Labute approximate surface area is 204 Å². The Kier molecular flexibility index (Phi) is 6.20. The average Bonchev–Trinajstić information content (AvgIpc) is 3.49. The second-order valence-electron chi connectivity index (χ2n) is 8.92. The molecule has 0 radical (unpaired) electrons. The first-order valence-corrected chi connectivity index (χ1v) is 11.7. The highest BCUT2D eigenvalue weighted by molar-refractivity contribution is 5.99. The van der Waals surface area contributed by atoms with Gasteiger partial charge < -0.3 is 20.9 Å². The van der Waals surface area contributed by atoms with Crippen LogP contribution < -0.4 is 16.0 Å². The molecule has 0 saturated heterocycles. The summed E-state index contributed by atoms with van der Waals surface area (Å²) in [7, 11) is 4.04. The van der Waals surface area contributed by atoms with Crippen molar-refractivity contribution in [1.29, 1.82) is 0 Å². The SMILES string of the molecule is CN(C)CCCNC(=O)c1ccc(Nc2ccc(-c3ccc4c(c3)CNC4=O)n3ccnc23)cc1. The highest BCUT2D eigenvalue weighted by atomic mass is 16.2. The van der Waals surface area contributed by atoms with Gasteiger partial charge in [0, 0.05) is 42.3 Å². The lowest BCUT2D eigenvalue weighted by Crippen LogP contribution is -2.27. The number of aromatic nitrogens is 2. The lowest BCUT2D eigenvalue weighted by molar-refractivity contribution is 0.0948. The first-order chi connectivity index (χ1) is 17.0. The highest BCUT2D eigenvalue weighted by Gasteiger charge is 2.19. The molecule has 4 aromatic rings. The molecule has 0 saturated carbocycles. The van der Waals surface area contributed by atoms with Crippen molar-refractivity contribution >= 4 is 28.8 Å². The largest absolute Gasteiger partial charge is 0.352 e. The van der Waals surface area contributed by atoms with E-state index in [1.807, 2.05) is 73.2 Å². The lowest BCUT2D eigenvalue weighted by atomic mass is 10.0. The molecule has 178 valence electrons. The molecule has 0 unspecified atom stereocenters. The molecule has 0 fully saturated rings. The first-order valence-electron chi connectivity index (χ1n) is 11.7. The van der Waals surface area contributed by atoms with Crippen molar-refractivity contribution in [3.8, 4) is 11.3 Å². The Morgan fingerprint density at radius 1 is 1.11 bits per heavy atom. The van der Waals surface area contributed by atoms with Gasteiger partial charge in [0.25, 0.3) is 11.8 Å². The van der Waals surface area contributed by atoms with E-state index in [1.54, 1.807) is 6.20 Å². The number of anilines is 2. The fraction of sp³-hybridized carbons (Fsp3) is 0.222. The number of nitrogens with zero attached hydrogens (tertiary/aromatic N) is 3. The van der Waals surface area contributed by atoms with E-state index in [2.05, 4.69) is 31.9 Å². The van der Waals surface area contributed by atoms with Crippen molar-refractivity contribution in [2.75, 3.05) is 32.5 Å². The number of hydrogen-bond donors (Lipinski definition) is 3. The van der Waals surface area contributed by atoms with Crippen molar-refractivity contribution in [2.45, 2.75) is 13.0 Å². The minimum absolute atomic E-state index is 0.0216. The van der Waals surface area contributed by atoms with E-state index in [9.17, 15) is 9.59 Å². The molecule has 1 aliphatic heterocycles. The van der Waals surface area contributed by atoms with Crippen LogP contribution in [0.25, 0.3) is 16.9 Å². The molecule has 0 aliphatic carbocycles. The maximum absolute atomic E-state index is 12.4. The summed E-state index contributed by atoms with van der Waals surface area (Å²) in [4.78, 5) is 30.9. The zero-order valence-electron chi connectivity index (χ0n) is 19.8. The standard InChI is InChI=1S/C27H28N6O2/c1-32(2)14-3-12-29-26(34)18-4-7-21(8-5-18)31-23-10-11-24(33-15-13-28-25(23)33)19-6-9-22-20(16-19)17-30-27(22)35/h4-11,13,15-16,31H,3,12,14,17H2,1-2H3,(H,29,34)(H,30,35). The van der Waals surface area contributed by atoms with Gasteiger partial charge in [0.2, 0.25) is 0 Å². The van der Waals surface area contributed by atoms with Crippen LogP contribution in [0.3, 0.4) is 0 Å². The van der Waals surface area contributed by atoms with Crippen LogP contribution in [0.2, 0.25) is 0 Å².